The molecular formula is C17H17N5O2S. The van der Waals surface area contributed by atoms with E-state index in [0.717, 1.165) is 35.9 Å². The Hall–Kier alpha value is -2.35. The molecule has 25 heavy (non-hydrogen) atoms. The normalized spacial score (nSPS) is 27.9. The second kappa shape index (κ2) is 5.32. The van der Waals surface area contributed by atoms with Gasteiger partial charge in [-0.3, -0.25) is 9.59 Å². The summed E-state index contributed by atoms with van der Waals surface area (Å²) >= 11 is 1.50. The number of nitrogens with zero attached hydrogens (tertiary/aromatic N) is 5. The van der Waals surface area contributed by atoms with Crippen LogP contribution in [0.1, 0.15) is 25.0 Å². The SMILES string of the molecule is O=C1C(=O)N(C23CC(C2)C3)CCN1Cc1ccc(-c2nccs2)nn1. The number of hydrogen-bond acceptors (Lipinski definition) is 6. The Morgan fingerprint density at radius 3 is 2.56 bits per heavy atom. The van der Waals surface area contributed by atoms with Crippen LogP contribution in [0.25, 0.3) is 10.7 Å². The first-order valence-electron chi connectivity index (χ1n) is 8.48. The van der Waals surface area contributed by atoms with Gasteiger partial charge in [-0.1, -0.05) is 0 Å². The van der Waals surface area contributed by atoms with Gasteiger partial charge in [-0.2, -0.15) is 5.10 Å². The minimum absolute atomic E-state index is 0.0126. The number of amides is 2. The van der Waals surface area contributed by atoms with Gasteiger partial charge in [0.15, 0.2) is 0 Å². The summed E-state index contributed by atoms with van der Waals surface area (Å²) in [5.41, 5.74) is 1.41. The molecule has 3 heterocycles. The fourth-order valence-electron chi connectivity index (χ4n) is 4.14. The van der Waals surface area contributed by atoms with E-state index in [9.17, 15) is 9.59 Å². The van der Waals surface area contributed by atoms with Gasteiger partial charge in [0, 0.05) is 30.2 Å². The van der Waals surface area contributed by atoms with E-state index in [1.165, 1.54) is 11.3 Å². The molecule has 7 nitrogen and oxygen atoms in total. The molecule has 128 valence electrons. The summed E-state index contributed by atoms with van der Waals surface area (Å²) in [4.78, 5) is 32.6. The molecule has 8 heteroatoms. The van der Waals surface area contributed by atoms with Crippen molar-refractivity contribution in [3.05, 3.63) is 29.4 Å². The molecular weight excluding hydrogens is 338 g/mol. The van der Waals surface area contributed by atoms with Crippen LogP contribution in [0.4, 0.5) is 0 Å². The minimum Gasteiger partial charge on any atom is -0.327 e. The van der Waals surface area contributed by atoms with Crippen molar-refractivity contribution < 1.29 is 9.59 Å². The predicted molar refractivity (Wildman–Crippen MR) is 90.3 cm³/mol. The van der Waals surface area contributed by atoms with E-state index < -0.39 is 5.91 Å². The second-order valence-corrected chi connectivity index (χ2v) is 8.03. The van der Waals surface area contributed by atoms with Crippen LogP contribution in [0.3, 0.4) is 0 Å². The first-order chi connectivity index (χ1) is 12.1. The average molecular weight is 355 g/mol. The third kappa shape index (κ3) is 2.27. The zero-order valence-corrected chi connectivity index (χ0v) is 14.4. The average Bonchev–Trinajstić information content (AvgIpc) is 3.07. The summed E-state index contributed by atoms with van der Waals surface area (Å²) in [5.74, 6) is 0.0195. The highest BCUT2D eigenvalue weighted by Crippen LogP contribution is 2.60. The van der Waals surface area contributed by atoms with Gasteiger partial charge >= 0.3 is 11.8 Å². The number of thiazole rings is 1. The molecule has 4 aliphatic rings. The number of hydrogen-bond donors (Lipinski definition) is 0. The molecule has 0 atom stereocenters. The lowest BCUT2D eigenvalue weighted by molar-refractivity contribution is -0.186. The Labute approximate surface area is 148 Å². The quantitative estimate of drug-likeness (QED) is 0.773. The van der Waals surface area contributed by atoms with Crippen molar-refractivity contribution in [1.82, 2.24) is 25.0 Å². The number of aromatic nitrogens is 3. The van der Waals surface area contributed by atoms with E-state index >= 15 is 0 Å². The summed E-state index contributed by atoms with van der Waals surface area (Å²) in [6, 6.07) is 3.69. The molecule has 0 aromatic carbocycles. The standard InChI is InChI=1S/C17H17N5O2S/c23-15-16(24)22(17-7-11(8-17)9-17)5-4-21(15)10-12-1-2-13(20-19-12)14-18-3-6-25-14/h1-3,6,11H,4-5,7-10H2. The van der Waals surface area contributed by atoms with Crippen LogP contribution in [0.15, 0.2) is 23.7 Å². The van der Waals surface area contributed by atoms with Crippen molar-refractivity contribution in [2.24, 2.45) is 5.92 Å². The molecule has 0 spiro atoms. The molecule has 6 rings (SSSR count). The molecule has 0 radical (unpaired) electrons. The van der Waals surface area contributed by atoms with Crippen LogP contribution in [0.5, 0.6) is 0 Å². The van der Waals surface area contributed by atoms with Crippen LogP contribution in [0, 0.1) is 5.92 Å². The molecule has 2 amide bonds. The summed E-state index contributed by atoms with van der Waals surface area (Å²) < 4.78 is 0. The topological polar surface area (TPSA) is 79.3 Å². The Balaban J connectivity index is 1.27. The maximum Gasteiger partial charge on any atom is 0.312 e. The molecule has 2 bridgehead atoms. The van der Waals surface area contributed by atoms with Crippen LogP contribution in [-0.4, -0.2) is 55.4 Å². The molecule has 2 aromatic rings. The molecule has 0 unspecified atom stereocenters. The van der Waals surface area contributed by atoms with Gasteiger partial charge < -0.3 is 9.80 Å². The van der Waals surface area contributed by atoms with Crippen LogP contribution in [0.2, 0.25) is 0 Å². The third-order valence-electron chi connectivity index (χ3n) is 5.61. The van der Waals surface area contributed by atoms with E-state index in [1.54, 1.807) is 11.1 Å². The first-order valence-corrected chi connectivity index (χ1v) is 9.36. The molecule has 4 fully saturated rings. The van der Waals surface area contributed by atoms with Crippen LogP contribution >= 0.6 is 11.3 Å². The Bertz CT molecular complexity index is 818. The van der Waals surface area contributed by atoms with E-state index in [4.69, 9.17) is 0 Å². The van der Waals surface area contributed by atoms with Crippen LogP contribution in [-0.2, 0) is 16.1 Å². The summed E-state index contributed by atoms with van der Waals surface area (Å²) in [6.45, 7) is 1.51. The van der Waals surface area contributed by atoms with Crippen molar-refractivity contribution in [1.29, 1.82) is 0 Å². The van der Waals surface area contributed by atoms with Gasteiger partial charge in [0.1, 0.15) is 10.7 Å². The minimum atomic E-state index is -0.415. The van der Waals surface area contributed by atoms with Gasteiger partial charge in [0.25, 0.3) is 0 Å². The molecule has 2 aromatic heterocycles. The van der Waals surface area contributed by atoms with Crippen molar-refractivity contribution in [2.45, 2.75) is 31.3 Å². The van der Waals surface area contributed by atoms with Crippen molar-refractivity contribution in [3.63, 3.8) is 0 Å². The maximum atomic E-state index is 12.5. The van der Waals surface area contributed by atoms with Crippen molar-refractivity contribution in [3.8, 4) is 10.7 Å². The van der Waals surface area contributed by atoms with Gasteiger partial charge in [0.2, 0.25) is 0 Å². The molecule has 3 aliphatic carbocycles. The summed E-state index contributed by atoms with van der Waals surface area (Å²) in [6.07, 6.45) is 4.96. The zero-order valence-electron chi connectivity index (χ0n) is 13.6. The van der Waals surface area contributed by atoms with E-state index in [0.29, 0.717) is 25.3 Å². The van der Waals surface area contributed by atoms with E-state index in [-0.39, 0.29) is 11.4 Å². The first kappa shape index (κ1) is 14.9. The number of carbonyl (C=O) groups excluding carboxylic acids is 2. The highest BCUT2D eigenvalue weighted by Gasteiger charge is 2.62. The highest BCUT2D eigenvalue weighted by atomic mass is 32.1. The Morgan fingerprint density at radius 2 is 1.96 bits per heavy atom. The largest absolute Gasteiger partial charge is 0.327 e. The summed E-state index contributed by atoms with van der Waals surface area (Å²) in [5, 5.41) is 11.1. The van der Waals surface area contributed by atoms with E-state index in [2.05, 4.69) is 15.2 Å². The third-order valence-corrected chi connectivity index (χ3v) is 6.41. The number of piperazine rings is 1. The summed E-state index contributed by atoms with van der Waals surface area (Å²) in [7, 11) is 0. The molecule has 1 aliphatic heterocycles. The molecule has 1 saturated heterocycles. The fourth-order valence-corrected chi connectivity index (χ4v) is 4.75. The highest BCUT2D eigenvalue weighted by molar-refractivity contribution is 7.13. The van der Waals surface area contributed by atoms with Crippen molar-refractivity contribution in [2.75, 3.05) is 13.1 Å². The molecule has 0 N–H and O–H groups in total. The monoisotopic (exact) mass is 355 g/mol. The van der Waals surface area contributed by atoms with Gasteiger partial charge in [0.05, 0.1) is 12.2 Å². The zero-order chi connectivity index (χ0) is 17.0. The van der Waals surface area contributed by atoms with Crippen LogP contribution < -0.4 is 0 Å². The lowest BCUT2D eigenvalue weighted by atomic mass is 9.49. The second-order valence-electron chi connectivity index (χ2n) is 7.13. The van der Waals surface area contributed by atoms with Gasteiger partial charge in [-0.15, -0.1) is 16.4 Å². The van der Waals surface area contributed by atoms with Crippen molar-refractivity contribution >= 4 is 23.2 Å². The lowest BCUT2D eigenvalue weighted by Gasteiger charge is -2.66. The van der Waals surface area contributed by atoms with Gasteiger partial charge in [-0.05, 0) is 37.3 Å². The predicted octanol–water partition coefficient (Wildman–Crippen LogP) is 1.32. The molecule has 3 saturated carbocycles. The van der Waals surface area contributed by atoms with E-state index in [1.807, 2.05) is 22.4 Å². The number of rotatable bonds is 4. The van der Waals surface area contributed by atoms with Gasteiger partial charge in [-0.25, -0.2) is 4.98 Å². The Kier molecular flexibility index (Phi) is 3.18. The fraction of sp³-hybridized carbons (Fsp3) is 0.471. The Morgan fingerprint density at radius 1 is 1.12 bits per heavy atom. The number of carbonyl (C=O) groups is 2. The lowest BCUT2D eigenvalue weighted by Crippen LogP contribution is -2.73. The smallest absolute Gasteiger partial charge is 0.312 e. The maximum absolute atomic E-state index is 12.5.